The van der Waals surface area contributed by atoms with Crippen LogP contribution in [0.2, 0.25) is 0 Å². The number of rotatable bonds is 2. The quantitative estimate of drug-likeness (QED) is 0.912. The number of ketones is 1. The Labute approximate surface area is 144 Å². The summed E-state index contributed by atoms with van der Waals surface area (Å²) in [5, 5.41) is 14.0. The van der Waals surface area contributed by atoms with Crippen LogP contribution in [-0.4, -0.2) is 15.6 Å². The third-order valence-electron chi connectivity index (χ3n) is 4.56. The summed E-state index contributed by atoms with van der Waals surface area (Å²) >= 11 is 0. The van der Waals surface area contributed by atoms with Gasteiger partial charge in [0.25, 0.3) is 0 Å². The average molecular weight is 332 g/mol. The summed E-state index contributed by atoms with van der Waals surface area (Å²) < 4.78 is 7.30. The number of Topliss-reactive ketones (excluding diaryl/α,β-unsaturated/α-hetero) is 1. The molecule has 2 N–H and O–H groups in total. The molecule has 6 heteroatoms. The van der Waals surface area contributed by atoms with Crippen LogP contribution >= 0.6 is 0 Å². The predicted octanol–water partition coefficient (Wildman–Crippen LogP) is 2.69. The lowest BCUT2D eigenvalue weighted by atomic mass is 9.78. The predicted molar refractivity (Wildman–Crippen MR) is 90.1 cm³/mol. The highest BCUT2D eigenvalue weighted by Gasteiger charge is 2.38. The lowest BCUT2D eigenvalue weighted by molar-refractivity contribution is -0.116. The highest BCUT2D eigenvalue weighted by Crippen LogP contribution is 2.43. The van der Waals surface area contributed by atoms with E-state index in [0.29, 0.717) is 24.2 Å². The van der Waals surface area contributed by atoms with E-state index in [0.717, 1.165) is 17.7 Å². The molecule has 1 atom stereocenters. The van der Waals surface area contributed by atoms with Gasteiger partial charge in [0.15, 0.2) is 5.78 Å². The lowest BCUT2D eigenvalue weighted by Crippen LogP contribution is -2.27. The van der Waals surface area contributed by atoms with Gasteiger partial charge < -0.3 is 10.5 Å². The minimum Gasteiger partial charge on any atom is -0.444 e. The number of carbonyl (C=O) groups is 1. The van der Waals surface area contributed by atoms with Gasteiger partial charge in [-0.1, -0.05) is 18.2 Å². The number of hydrogen-bond donors (Lipinski definition) is 1. The number of allylic oxidation sites excluding steroid dienone is 3. The molecule has 0 saturated carbocycles. The van der Waals surface area contributed by atoms with Crippen LogP contribution in [0.4, 0.5) is 0 Å². The molecule has 0 radical (unpaired) electrons. The molecule has 1 aliphatic heterocycles. The first kappa shape index (κ1) is 15.2. The normalized spacial score (nSPS) is 20.1. The van der Waals surface area contributed by atoms with Crippen molar-refractivity contribution in [2.75, 3.05) is 0 Å². The third-order valence-corrected chi connectivity index (χ3v) is 4.56. The number of carbonyl (C=O) groups excluding carboxylic acids is 1. The summed E-state index contributed by atoms with van der Waals surface area (Å²) in [4.78, 5) is 12.5. The van der Waals surface area contributed by atoms with Crippen LogP contribution in [-0.2, 0) is 9.53 Å². The van der Waals surface area contributed by atoms with Crippen LogP contribution in [0.3, 0.4) is 0 Å². The number of nitriles is 1. The van der Waals surface area contributed by atoms with E-state index < -0.39 is 5.92 Å². The van der Waals surface area contributed by atoms with E-state index in [1.165, 1.54) is 0 Å². The minimum absolute atomic E-state index is 0.0129. The van der Waals surface area contributed by atoms with Gasteiger partial charge in [-0.25, -0.2) is 4.68 Å². The molecule has 25 heavy (non-hydrogen) atoms. The van der Waals surface area contributed by atoms with Crippen LogP contribution in [0, 0.1) is 11.3 Å². The maximum Gasteiger partial charge on any atom is 0.205 e. The number of ether oxygens (including phenoxy) is 1. The zero-order valence-electron chi connectivity index (χ0n) is 13.5. The van der Waals surface area contributed by atoms with Crippen LogP contribution in [0.25, 0.3) is 5.69 Å². The smallest absolute Gasteiger partial charge is 0.205 e. The Bertz CT molecular complexity index is 947. The first-order chi connectivity index (χ1) is 12.2. The van der Waals surface area contributed by atoms with Gasteiger partial charge in [-0.05, 0) is 18.6 Å². The van der Waals surface area contributed by atoms with Crippen molar-refractivity contribution in [1.29, 1.82) is 5.26 Å². The molecule has 0 fully saturated rings. The molecule has 0 unspecified atom stereocenters. The van der Waals surface area contributed by atoms with E-state index in [-0.39, 0.29) is 17.2 Å². The first-order valence-electron chi connectivity index (χ1n) is 8.13. The van der Waals surface area contributed by atoms with Gasteiger partial charge in [0.1, 0.15) is 17.4 Å². The number of para-hydroxylation sites is 1. The number of benzene rings is 1. The second-order valence-electron chi connectivity index (χ2n) is 6.09. The van der Waals surface area contributed by atoms with Crippen LogP contribution < -0.4 is 5.73 Å². The third kappa shape index (κ3) is 2.50. The highest BCUT2D eigenvalue weighted by atomic mass is 16.5. The van der Waals surface area contributed by atoms with Crippen molar-refractivity contribution in [3.63, 3.8) is 0 Å². The monoisotopic (exact) mass is 332 g/mol. The van der Waals surface area contributed by atoms with Crippen LogP contribution in [0.5, 0.6) is 0 Å². The molecule has 2 aliphatic rings. The number of aromatic nitrogens is 2. The van der Waals surface area contributed by atoms with E-state index in [1.807, 2.05) is 36.5 Å². The summed E-state index contributed by atoms with van der Waals surface area (Å²) in [6.45, 7) is 0. The van der Waals surface area contributed by atoms with Gasteiger partial charge in [0.05, 0.1) is 17.8 Å². The van der Waals surface area contributed by atoms with Crippen molar-refractivity contribution in [3.8, 4) is 11.8 Å². The maximum atomic E-state index is 12.5. The largest absolute Gasteiger partial charge is 0.444 e. The van der Waals surface area contributed by atoms with Gasteiger partial charge in [-0.3, -0.25) is 4.79 Å². The minimum atomic E-state index is -0.515. The summed E-state index contributed by atoms with van der Waals surface area (Å²) in [5.41, 5.74) is 8.42. The van der Waals surface area contributed by atoms with Crippen LogP contribution in [0.1, 0.15) is 30.7 Å². The molecule has 0 bridgehead atoms. The zero-order chi connectivity index (χ0) is 17.4. The molecule has 4 rings (SSSR count). The SMILES string of the molecule is N#CC1=C(N)OC2=C(C(=O)CCC2)[C@H]1c1cnn(-c2ccccc2)c1. The molecule has 6 nitrogen and oxygen atoms in total. The van der Waals surface area contributed by atoms with E-state index in [9.17, 15) is 10.1 Å². The average Bonchev–Trinajstić information content (AvgIpc) is 3.11. The van der Waals surface area contributed by atoms with Crippen molar-refractivity contribution in [1.82, 2.24) is 9.78 Å². The molecule has 1 aliphatic carbocycles. The van der Waals surface area contributed by atoms with Gasteiger partial charge in [-0.15, -0.1) is 0 Å². The van der Waals surface area contributed by atoms with Gasteiger partial charge in [0, 0.05) is 30.2 Å². The van der Waals surface area contributed by atoms with E-state index in [1.54, 1.807) is 10.9 Å². The molecule has 2 aromatic rings. The Morgan fingerprint density at radius 1 is 1.28 bits per heavy atom. The fraction of sp³-hybridized carbons (Fsp3) is 0.211. The fourth-order valence-corrected chi connectivity index (χ4v) is 3.40. The topological polar surface area (TPSA) is 93.9 Å². The molecule has 2 heterocycles. The van der Waals surface area contributed by atoms with Gasteiger partial charge >= 0.3 is 0 Å². The van der Waals surface area contributed by atoms with E-state index in [4.69, 9.17) is 10.5 Å². The second kappa shape index (κ2) is 5.95. The Hall–Kier alpha value is -3.33. The van der Waals surface area contributed by atoms with E-state index in [2.05, 4.69) is 11.2 Å². The lowest BCUT2D eigenvalue weighted by Gasteiger charge is -2.30. The Kier molecular flexibility index (Phi) is 3.62. The molecule has 0 amide bonds. The van der Waals surface area contributed by atoms with Crippen molar-refractivity contribution in [2.24, 2.45) is 5.73 Å². The molecule has 0 saturated heterocycles. The number of nitrogens with zero attached hydrogens (tertiary/aromatic N) is 3. The number of hydrogen-bond acceptors (Lipinski definition) is 5. The molecular formula is C19H16N4O2. The summed E-state index contributed by atoms with van der Waals surface area (Å²) in [5.74, 6) is 0.164. The van der Waals surface area contributed by atoms with Gasteiger partial charge in [0.2, 0.25) is 5.88 Å². The molecule has 1 aromatic heterocycles. The fourth-order valence-electron chi connectivity index (χ4n) is 3.40. The second-order valence-corrected chi connectivity index (χ2v) is 6.09. The summed E-state index contributed by atoms with van der Waals surface area (Å²) in [6.07, 6.45) is 5.37. The Balaban J connectivity index is 1.82. The summed E-state index contributed by atoms with van der Waals surface area (Å²) in [6, 6.07) is 11.8. The Morgan fingerprint density at radius 2 is 2.08 bits per heavy atom. The first-order valence-corrected chi connectivity index (χ1v) is 8.13. The van der Waals surface area contributed by atoms with Crippen molar-refractivity contribution >= 4 is 5.78 Å². The molecule has 124 valence electrons. The molecular weight excluding hydrogens is 316 g/mol. The van der Waals surface area contributed by atoms with E-state index >= 15 is 0 Å². The summed E-state index contributed by atoms with van der Waals surface area (Å²) in [7, 11) is 0. The standard InChI is InChI=1S/C19H16N4O2/c20-9-14-17(18-15(24)7-4-8-16(18)25-19(14)21)12-10-22-23(11-12)13-5-2-1-3-6-13/h1-3,5-6,10-11,17H,4,7-8,21H2/t17-/m0/s1. The number of nitrogens with two attached hydrogens (primary N) is 1. The van der Waals surface area contributed by atoms with Crippen molar-refractivity contribution in [2.45, 2.75) is 25.2 Å². The molecule has 1 aromatic carbocycles. The highest BCUT2D eigenvalue weighted by molar-refractivity contribution is 5.99. The maximum absolute atomic E-state index is 12.5. The molecule has 0 spiro atoms. The van der Waals surface area contributed by atoms with Crippen molar-refractivity contribution < 1.29 is 9.53 Å². The zero-order valence-corrected chi connectivity index (χ0v) is 13.5. The van der Waals surface area contributed by atoms with Crippen molar-refractivity contribution in [3.05, 3.63) is 71.1 Å². The van der Waals surface area contributed by atoms with Gasteiger partial charge in [-0.2, -0.15) is 10.4 Å². The van der Waals surface area contributed by atoms with Crippen LogP contribution in [0.15, 0.2) is 65.5 Å². The Morgan fingerprint density at radius 3 is 2.84 bits per heavy atom.